The van der Waals surface area contributed by atoms with E-state index < -0.39 is 0 Å². The predicted molar refractivity (Wildman–Crippen MR) is 290 cm³/mol. The topological polar surface area (TPSA) is 31.2 Å². The second-order valence-corrected chi connectivity index (χ2v) is 19.8. The smallest absolute Gasteiger partial charge is 0.137 e. The fraction of sp³-hybridized carbons (Fsp3) is 0.0164. The molecule has 1 aliphatic rings. The second-order valence-electron chi connectivity index (χ2n) is 17.2. The van der Waals surface area contributed by atoms with Gasteiger partial charge in [0.05, 0.1) is 11.0 Å². The summed E-state index contributed by atoms with van der Waals surface area (Å²) in [6.07, 6.45) is 1.10. The van der Waals surface area contributed by atoms with Crippen LogP contribution in [0.25, 0.3) is 123 Å². The number of benzene rings is 10. The molecule has 10 aromatic carbocycles. The summed E-state index contributed by atoms with van der Waals surface area (Å²) >= 11 is 9.74. The van der Waals surface area contributed by atoms with Crippen LogP contribution in [0.15, 0.2) is 215 Å². The summed E-state index contributed by atoms with van der Waals surface area (Å²) in [6, 6.07) is 72.7. The van der Waals surface area contributed by atoms with Crippen molar-refractivity contribution >= 4 is 140 Å². The van der Waals surface area contributed by atoms with Crippen LogP contribution in [-0.4, -0.2) is 4.57 Å². The van der Waals surface area contributed by atoms with Crippen LogP contribution in [0.5, 0.6) is 0 Å². The maximum absolute atomic E-state index is 6.41. The van der Waals surface area contributed by atoms with E-state index in [0.717, 1.165) is 39.8 Å². The lowest BCUT2D eigenvalue weighted by Crippen LogP contribution is -1.93. The van der Waals surface area contributed by atoms with Gasteiger partial charge in [-0.25, -0.2) is 0 Å². The molecule has 0 amide bonds. The van der Waals surface area contributed by atoms with Gasteiger partial charge in [-0.15, -0.1) is 22.7 Å². The van der Waals surface area contributed by atoms with Gasteiger partial charge in [-0.2, -0.15) is 0 Å². The van der Waals surface area contributed by atoms with Crippen molar-refractivity contribution in [3.63, 3.8) is 0 Å². The number of furan rings is 2. The van der Waals surface area contributed by atoms with Crippen LogP contribution < -0.4 is 0 Å². The lowest BCUT2D eigenvalue weighted by Gasteiger charge is -2.07. The van der Waals surface area contributed by atoms with Crippen LogP contribution in [-0.2, 0) is 6.42 Å². The van der Waals surface area contributed by atoms with E-state index in [9.17, 15) is 0 Å². The average molecular weight is 935 g/mol. The van der Waals surface area contributed by atoms with Crippen LogP contribution in [0.3, 0.4) is 0 Å². The number of hydrogen-bond acceptors (Lipinski definition) is 4. The molecule has 68 heavy (non-hydrogen) atoms. The number of halogens is 2. The first kappa shape index (κ1) is 40.5. The molecule has 0 spiro atoms. The van der Waals surface area contributed by atoms with Crippen molar-refractivity contribution < 1.29 is 13.5 Å². The van der Waals surface area contributed by atoms with Gasteiger partial charge in [0.25, 0.3) is 0 Å². The van der Waals surface area contributed by atoms with Gasteiger partial charge >= 0.3 is 0 Å². The first-order chi connectivity index (χ1) is 33.1. The molecule has 7 heteroatoms. The highest BCUT2D eigenvalue weighted by Gasteiger charge is 2.19. The number of rotatable bonds is 1. The molecule has 5 aromatic heterocycles. The molecule has 0 radical (unpaired) electrons. The van der Waals surface area contributed by atoms with Gasteiger partial charge in [0.2, 0.25) is 0 Å². The highest BCUT2D eigenvalue weighted by molar-refractivity contribution is 7.27. The van der Waals surface area contributed by atoms with E-state index in [1.54, 1.807) is 0 Å². The van der Waals surface area contributed by atoms with Gasteiger partial charge in [0, 0.05) is 95.5 Å². The number of aromatic nitrogens is 1. The molecule has 0 bridgehead atoms. The Morgan fingerprint density at radius 2 is 0.824 bits per heavy atom. The van der Waals surface area contributed by atoms with E-state index in [4.69, 9.17) is 20.4 Å². The van der Waals surface area contributed by atoms with Gasteiger partial charge in [0.15, 0.2) is 0 Å². The number of hydrogen-bond donors (Lipinski definition) is 0. The van der Waals surface area contributed by atoms with Gasteiger partial charge < -0.3 is 13.4 Å². The summed E-state index contributed by atoms with van der Waals surface area (Å²) in [7, 11) is 0. The van der Waals surface area contributed by atoms with E-state index in [2.05, 4.69) is 193 Å². The fourth-order valence-corrected chi connectivity index (χ4v) is 13.1. The normalized spacial score (nSPS) is 12.0. The Hall–Kier alpha value is -7.74. The summed E-state index contributed by atoms with van der Waals surface area (Å²) in [5, 5.41) is 13.2. The number of fused-ring (bicyclic) bond motifs is 20. The minimum absolute atomic E-state index is 0. The third-order valence-electron chi connectivity index (χ3n) is 13.4. The first-order valence-corrected chi connectivity index (χ1v) is 24.5. The highest BCUT2D eigenvalue weighted by atomic mass is 35.5. The van der Waals surface area contributed by atoms with Crippen molar-refractivity contribution in [1.29, 1.82) is 0 Å². The molecule has 0 saturated carbocycles. The summed E-state index contributed by atoms with van der Waals surface area (Å²) in [6.45, 7) is 0. The maximum Gasteiger partial charge on any atom is 0.137 e. The molecular formula is C61H37ClFNO2S2. The summed E-state index contributed by atoms with van der Waals surface area (Å²) in [5.41, 5.74) is 12.9. The van der Waals surface area contributed by atoms with E-state index in [1.807, 2.05) is 40.9 Å². The molecule has 0 saturated heterocycles. The molecular weight excluding hydrogens is 897 g/mol. The number of para-hydroxylation sites is 2. The van der Waals surface area contributed by atoms with Crippen molar-refractivity contribution in [3.05, 3.63) is 222 Å². The molecule has 0 unspecified atom stereocenters. The van der Waals surface area contributed by atoms with E-state index in [-0.39, 0.29) is 4.70 Å². The summed E-state index contributed by atoms with van der Waals surface area (Å²) in [5.74, 6) is 0. The Morgan fingerprint density at radius 1 is 0.382 bits per heavy atom. The Balaban J connectivity index is 0.000000111. The monoisotopic (exact) mass is 933 g/mol. The van der Waals surface area contributed by atoms with Crippen molar-refractivity contribution in [2.75, 3.05) is 0 Å². The molecule has 5 heterocycles. The van der Waals surface area contributed by atoms with Gasteiger partial charge in [-0.1, -0.05) is 133 Å². The zero-order valence-corrected chi connectivity index (χ0v) is 38.6. The van der Waals surface area contributed by atoms with Crippen LogP contribution in [0.1, 0.15) is 11.1 Å². The molecule has 16 rings (SSSR count). The van der Waals surface area contributed by atoms with Crippen molar-refractivity contribution in [2.45, 2.75) is 6.42 Å². The largest absolute Gasteiger partial charge is 0.456 e. The zero-order valence-electron chi connectivity index (χ0n) is 36.2. The maximum atomic E-state index is 6.41. The van der Waals surface area contributed by atoms with Crippen molar-refractivity contribution in [1.82, 2.24) is 4.57 Å². The SMILES string of the molecule is Clc1ccc2c(c1)oc1ccc3c4ccccc4sc3c12.F.c1ccc2c(c1)Cc1ccccc1-2.c1ccc2c(c1)sc1c2ccc2oc3cc(-n4c5ccccc5c5ccccc54)ccc3c21. The minimum atomic E-state index is 0. The second kappa shape index (κ2) is 16.0. The average Bonchev–Trinajstić information content (AvgIpc) is 4.23. The summed E-state index contributed by atoms with van der Waals surface area (Å²) < 4.78 is 19.9. The van der Waals surface area contributed by atoms with E-state index in [1.165, 1.54) is 101 Å². The lowest BCUT2D eigenvalue weighted by molar-refractivity contribution is 0.668. The molecule has 3 nitrogen and oxygen atoms in total. The van der Waals surface area contributed by atoms with Crippen molar-refractivity contribution in [2.24, 2.45) is 0 Å². The van der Waals surface area contributed by atoms with Gasteiger partial charge in [-0.3, -0.25) is 4.70 Å². The zero-order chi connectivity index (χ0) is 44.2. The predicted octanol–water partition coefficient (Wildman–Crippen LogP) is 19.1. The standard InChI is InChI=1S/C30H17NOS.C18H9ClOS.C13H10.FH/c1-4-10-24-19(7-1)20-8-2-5-11-25(20)31(24)18-13-14-23-27(17-18)32-26-16-15-22-21-9-3-6-12-28(21)33-30(22)29(23)26;19-10-5-6-13-15(9-10)20-14-8-7-12-11-3-1-2-4-16(11)21-18(12)17(13)14;1-3-7-12-10(5-1)9-11-6-2-4-8-13(11)12;/h1-17H;1-9H;1-8H,9H2;1H. The van der Waals surface area contributed by atoms with Gasteiger partial charge in [0.1, 0.15) is 22.3 Å². The molecule has 15 aromatic rings. The highest BCUT2D eigenvalue weighted by Crippen LogP contribution is 2.45. The van der Waals surface area contributed by atoms with Crippen LogP contribution in [0.2, 0.25) is 5.02 Å². The third-order valence-corrected chi connectivity index (χ3v) is 16.1. The first-order valence-electron chi connectivity index (χ1n) is 22.5. The number of thiophene rings is 2. The quantitative estimate of drug-likeness (QED) is 0.164. The Labute approximate surface area is 401 Å². The molecule has 1 aliphatic carbocycles. The van der Waals surface area contributed by atoms with E-state index >= 15 is 0 Å². The Bertz CT molecular complexity index is 4380. The molecule has 324 valence electrons. The Kier molecular flexibility index (Phi) is 9.51. The van der Waals surface area contributed by atoms with E-state index in [0.29, 0.717) is 5.02 Å². The lowest BCUT2D eigenvalue weighted by atomic mass is 10.1. The molecule has 0 N–H and O–H groups in total. The molecule has 0 fully saturated rings. The van der Waals surface area contributed by atoms with Crippen LogP contribution in [0, 0.1) is 0 Å². The van der Waals surface area contributed by atoms with Crippen molar-refractivity contribution in [3.8, 4) is 16.8 Å². The van der Waals surface area contributed by atoms with Gasteiger partial charge in [-0.05, 0) is 101 Å². The third kappa shape index (κ3) is 6.29. The molecule has 0 aliphatic heterocycles. The fourth-order valence-electron chi connectivity index (χ4n) is 10.5. The van der Waals surface area contributed by atoms with Crippen LogP contribution >= 0.6 is 34.3 Å². The number of nitrogens with zero attached hydrogens (tertiary/aromatic N) is 1. The Morgan fingerprint density at radius 3 is 1.38 bits per heavy atom. The molecule has 0 atom stereocenters. The van der Waals surface area contributed by atoms with Crippen LogP contribution in [0.4, 0.5) is 4.70 Å². The minimum Gasteiger partial charge on any atom is -0.456 e. The summed E-state index contributed by atoms with van der Waals surface area (Å²) in [4.78, 5) is 0.